The van der Waals surface area contributed by atoms with Gasteiger partial charge in [-0.25, -0.2) is 0 Å². The Labute approximate surface area is 216 Å². The lowest BCUT2D eigenvalue weighted by molar-refractivity contribution is -0.137. The molecular weight excluding hydrogens is 476 g/mol. The molecule has 1 fully saturated rings. The lowest BCUT2D eigenvalue weighted by atomic mass is 9.57. The van der Waals surface area contributed by atoms with Crippen molar-refractivity contribution in [1.82, 2.24) is 0 Å². The van der Waals surface area contributed by atoms with Gasteiger partial charge in [0.15, 0.2) is 19.0 Å². The SMILES string of the molecule is COCOc1ccc(-c2cc(=O)c3c4c(c(OCOC)cc3o2)C[C@@H]2C(C)(C)[C@H](O)CC[C@@]2(C)O4)cc1. The van der Waals surface area contributed by atoms with Crippen molar-refractivity contribution in [2.24, 2.45) is 11.3 Å². The summed E-state index contributed by atoms with van der Waals surface area (Å²) < 4.78 is 34.5. The van der Waals surface area contributed by atoms with Crippen LogP contribution in [0.15, 0.2) is 45.6 Å². The summed E-state index contributed by atoms with van der Waals surface area (Å²) in [4.78, 5) is 13.5. The van der Waals surface area contributed by atoms with Crippen molar-refractivity contribution in [1.29, 1.82) is 0 Å². The first-order valence-electron chi connectivity index (χ1n) is 12.5. The zero-order valence-corrected chi connectivity index (χ0v) is 22.0. The van der Waals surface area contributed by atoms with Crippen molar-refractivity contribution in [3.05, 3.63) is 52.2 Å². The van der Waals surface area contributed by atoms with Crippen LogP contribution in [0.4, 0.5) is 0 Å². The van der Waals surface area contributed by atoms with E-state index in [9.17, 15) is 9.90 Å². The lowest BCUT2D eigenvalue weighted by Crippen LogP contribution is -2.58. The Kier molecular flexibility index (Phi) is 6.68. The molecule has 5 rings (SSSR count). The van der Waals surface area contributed by atoms with E-state index in [4.69, 9.17) is 28.1 Å². The average Bonchev–Trinajstić information content (AvgIpc) is 2.88. The minimum Gasteiger partial charge on any atom is -0.486 e. The molecule has 1 aliphatic heterocycles. The third-order valence-corrected chi connectivity index (χ3v) is 8.00. The van der Waals surface area contributed by atoms with Crippen LogP contribution in [0, 0.1) is 11.3 Å². The first kappa shape index (κ1) is 25.6. The normalized spacial score (nSPS) is 24.2. The quantitative estimate of drug-likeness (QED) is 0.448. The van der Waals surface area contributed by atoms with Crippen molar-refractivity contribution in [3.63, 3.8) is 0 Å². The number of aliphatic hydroxyl groups excluding tert-OH is 1. The highest BCUT2D eigenvalue weighted by Crippen LogP contribution is 2.55. The van der Waals surface area contributed by atoms with E-state index in [1.165, 1.54) is 6.07 Å². The van der Waals surface area contributed by atoms with Crippen molar-refractivity contribution in [2.75, 3.05) is 27.8 Å². The standard InChI is InChI=1S/C29H34O8/c1-28(2)24-12-19-22(35-16-33-5)14-23-26(27(19)37-29(24,3)11-10-25(28)31)20(30)13-21(36-23)17-6-8-18(9-7-17)34-15-32-4/h6-9,13-14,24-25,31H,10-12,15-16H2,1-5H3/t24-,25-,29-/m1/s1. The maximum absolute atomic E-state index is 13.5. The molecule has 1 aliphatic carbocycles. The summed E-state index contributed by atoms with van der Waals surface area (Å²) in [5.41, 5.74) is 0.815. The van der Waals surface area contributed by atoms with E-state index >= 15 is 0 Å². The number of aliphatic hydroxyl groups is 1. The second-order valence-electron chi connectivity index (χ2n) is 10.7. The average molecular weight is 511 g/mol. The number of benzene rings is 2. The van der Waals surface area contributed by atoms with Gasteiger partial charge in [0.25, 0.3) is 0 Å². The van der Waals surface area contributed by atoms with Gasteiger partial charge in [0.2, 0.25) is 0 Å². The summed E-state index contributed by atoms with van der Waals surface area (Å²) in [6.07, 6.45) is 1.50. The summed E-state index contributed by atoms with van der Waals surface area (Å²) in [5, 5.41) is 11.2. The molecule has 8 nitrogen and oxygen atoms in total. The zero-order chi connectivity index (χ0) is 26.4. The third kappa shape index (κ3) is 4.47. The fourth-order valence-corrected chi connectivity index (χ4v) is 5.87. The molecule has 2 aliphatic rings. The molecule has 3 atom stereocenters. The highest BCUT2D eigenvalue weighted by molar-refractivity contribution is 5.89. The summed E-state index contributed by atoms with van der Waals surface area (Å²) in [5.74, 6) is 2.15. The molecule has 0 unspecified atom stereocenters. The topological polar surface area (TPSA) is 96.6 Å². The van der Waals surface area contributed by atoms with Crippen LogP contribution in [-0.4, -0.2) is 44.6 Å². The van der Waals surface area contributed by atoms with Crippen LogP contribution in [0.25, 0.3) is 22.3 Å². The Morgan fingerprint density at radius 2 is 1.73 bits per heavy atom. The van der Waals surface area contributed by atoms with Crippen LogP contribution < -0.4 is 19.6 Å². The van der Waals surface area contributed by atoms with E-state index in [1.807, 2.05) is 12.1 Å². The summed E-state index contributed by atoms with van der Waals surface area (Å²) in [6.45, 7) is 6.43. The minimum atomic E-state index is -0.536. The number of fused-ring (bicyclic) bond motifs is 4. The summed E-state index contributed by atoms with van der Waals surface area (Å²) in [7, 11) is 3.12. The molecule has 0 bridgehead atoms. The molecule has 8 heteroatoms. The van der Waals surface area contributed by atoms with Crippen LogP contribution in [0.2, 0.25) is 0 Å². The molecule has 0 amide bonds. The minimum absolute atomic E-state index is 0.0313. The van der Waals surface area contributed by atoms with Gasteiger partial charge in [-0.3, -0.25) is 4.79 Å². The van der Waals surface area contributed by atoms with Gasteiger partial charge in [0.05, 0.1) is 6.10 Å². The Balaban J connectivity index is 1.63. The number of hydrogen-bond donors (Lipinski definition) is 1. The predicted octanol–water partition coefficient (Wildman–Crippen LogP) is 4.92. The first-order valence-corrected chi connectivity index (χ1v) is 12.5. The van der Waals surface area contributed by atoms with Gasteiger partial charge in [-0.15, -0.1) is 0 Å². The van der Waals surface area contributed by atoms with Crippen molar-refractivity contribution < 1.29 is 33.2 Å². The number of methoxy groups -OCH3 is 2. The van der Waals surface area contributed by atoms with Crippen LogP contribution in [0.3, 0.4) is 0 Å². The first-order chi connectivity index (χ1) is 17.7. The largest absolute Gasteiger partial charge is 0.486 e. The third-order valence-electron chi connectivity index (χ3n) is 8.00. The van der Waals surface area contributed by atoms with Gasteiger partial charge in [-0.1, -0.05) is 13.8 Å². The van der Waals surface area contributed by atoms with Gasteiger partial charge in [-0.05, 0) is 55.9 Å². The Morgan fingerprint density at radius 3 is 2.43 bits per heavy atom. The van der Waals surface area contributed by atoms with Gasteiger partial charge in [0.1, 0.15) is 39.6 Å². The van der Waals surface area contributed by atoms with Gasteiger partial charge in [0, 0.05) is 43.4 Å². The molecule has 2 heterocycles. The molecule has 1 saturated carbocycles. The maximum atomic E-state index is 13.5. The molecular formula is C29H34O8. The highest BCUT2D eigenvalue weighted by atomic mass is 16.7. The molecule has 0 saturated heterocycles. The molecule has 0 spiro atoms. The number of ether oxygens (including phenoxy) is 5. The van der Waals surface area contributed by atoms with Gasteiger partial charge in [-0.2, -0.15) is 0 Å². The van der Waals surface area contributed by atoms with Gasteiger partial charge >= 0.3 is 0 Å². The predicted molar refractivity (Wildman–Crippen MR) is 138 cm³/mol. The molecule has 37 heavy (non-hydrogen) atoms. The summed E-state index contributed by atoms with van der Waals surface area (Å²) >= 11 is 0. The molecule has 3 aromatic rings. The fourth-order valence-electron chi connectivity index (χ4n) is 5.87. The molecule has 1 N–H and O–H groups in total. The number of rotatable bonds is 7. The lowest BCUT2D eigenvalue weighted by Gasteiger charge is -2.55. The molecule has 2 aromatic carbocycles. The Morgan fingerprint density at radius 1 is 1.03 bits per heavy atom. The molecule has 1 aromatic heterocycles. The van der Waals surface area contributed by atoms with Crippen LogP contribution in [-0.2, 0) is 15.9 Å². The fraction of sp³-hybridized carbons (Fsp3) is 0.483. The van der Waals surface area contributed by atoms with Crippen LogP contribution >= 0.6 is 0 Å². The molecule has 0 radical (unpaired) electrons. The second-order valence-corrected chi connectivity index (χ2v) is 10.7. The maximum Gasteiger partial charge on any atom is 0.197 e. The van der Waals surface area contributed by atoms with Crippen molar-refractivity contribution in [3.8, 4) is 28.6 Å². The van der Waals surface area contributed by atoms with Gasteiger partial charge < -0.3 is 33.2 Å². The van der Waals surface area contributed by atoms with E-state index in [0.29, 0.717) is 53.2 Å². The van der Waals surface area contributed by atoms with E-state index < -0.39 is 11.7 Å². The monoisotopic (exact) mass is 510 g/mol. The van der Waals surface area contributed by atoms with Crippen LogP contribution in [0.5, 0.6) is 17.2 Å². The molecule has 198 valence electrons. The Bertz CT molecular complexity index is 1340. The van der Waals surface area contributed by atoms with E-state index in [2.05, 4.69) is 20.8 Å². The summed E-state index contributed by atoms with van der Waals surface area (Å²) in [6, 6.07) is 10.5. The Hall–Kier alpha value is -3.07. The van der Waals surface area contributed by atoms with Crippen LogP contribution in [0.1, 0.15) is 39.2 Å². The van der Waals surface area contributed by atoms with E-state index in [0.717, 1.165) is 11.1 Å². The smallest absolute Gasteiger partial charge is 0.197 e. The zero-order valence-electron chi connectivity index (χ0n) is 22.0. The van der Waals surface area contributed by atoms with Crippen molar-refractivity contribution >= 4 is 11.0 Å². The highest BCUT2D eigenvalue weighted by Gasteiger charge is 2.55. The number of hydrogen-bond acceptors (Lipinski definition) is 8. The van der Waals surface area contributed by atoms with Crippen molar-refractivity contribution in [2.45, 2.75) is 51.7 Å². The van der Waals surface area contributed by atoms with E-state index in [-0.39, 0.29) is 30.3 Å². The van der Waals surface area contributed by atoms with E-state index in [1.54, 1.807) is 32.4 Å². The second kappa shape index (κ2) is 9.67.